The summed E-state index contributed by atoms with van der Waals surface area (Å²) in [4.78, 5) is 2.79. The highest BCUT2D eigenvalue weighted by Crippen LogP contribution is 2.18. The van der Waals surface area contributed by atoms with Crippen molar-refractivity contribution in [3.05, 3.63) is 21.9 Å². The lowest BCUT2D eigenvalue weighted by Gasteiger charge is -1.75. The average molecular weight is 180 g/mol. The number of aromatic amines is 1. The second kappa shape index (κ2) is 1.88. The van der Waals surface area contributed by atoms with Gasteiger partial charge in [0.05, 0.1) is 4.47 Å². The molecule has 1 heterocycles. The number of rotatable bonds is 0. The first-order valence-corrected chi connectivity index (χ1v) is 2.96. The van der Waals surface area contributed by atoms with Crippen LogP contribution in [0.3, 0.4) is 0 Å². The maximum Gasteiger partial charge on any atom is 0.120 e. The van der Waals surface area contributed by atoms with Gasteiger partial charge < -0.3 is 4.98 Å². The Balaban J connectivity index is 3.12. The summed E-state index contributed by atoms with van der Waals surface area (Å²) < 4.78 is 0.911. The molecule has 7 heavy (non-hydrogen) atoms. The predicted molar refractivity (Wildman–Crippen MR) is 33.5 cm³/mol. The molecule has 1 rings (SSSR count). The minimum Gasteiger partial charge on any atom is -0.351 e. The number of hydrogen-bond donors (Lipinski definition) is 1. The van der Waals surface area contributed by atoms with Crippen molar-refractivity contribution in [1.82, 2.24) is 4.98 Å². The molecule has 0 saturated carbocycles. The van der Waals surface area contributed by atoms with Gasteiger partial charge in [-0.1, -0.05) is 11.6 Å². The summed E-state index contributed by atoms with van der Waals surface area (Å²) in [5.74, 6) is 0. The molecule has 0 atom stereocenters. The SMILES string of the molecule is Clc1[nH]ccc1Br. The first kappa shape index (κ1) is 5.19. The van der Waals surface area contributed by atoms with Gasteiger partial charge in [0, 0.05) is 6.20 Å². The second-order valence-electron chi connectivity index (χ2n) is 1.14. The fraction of sp³-hybridized carbons (Fsp3) is 0. The van der Waals surface area contributed by atoms with E-state index >= 15 is 0 Å². The third kappa shape index (κ3) is 0.983. The van der Waals surface area contributed by atoms with Crippen LogP contribution < -0.4 is 0 Å². The number of nitrogens with one attached hydrogen (secondary N) is 1. The summed E-state index contributed by atoms with van der Waals surface area (Å²) in [6.45, 7) is 0. The first-order chi connectivity index (χ1) is 3.30. The van der Waals surface area contributed by atoms with Crippen molar-refractivity contribution >= 4 is 27.5 Å². The molecule has 0 radical (unpaired) electrons. The van der Waals surface area contributed by atoms with Gasteiger partial charge in [-0.3, -0.25) is 0 Å². The molecule has 0 unspecified atom stereocenters. The fourth-order valence-corrected chi connectivity index (χ4v) is 0.703. The molecule has 0 fully saturated rings. The van der Waals surface area contributed by atoms with Crippen molar-refractivity contribution in [3.8, 4) is 0 Å². The van der Waals surface area contributed by atoms with Gasteiger partial charge in [0.2, 0.25) is 0 Å². The van der Waals surface area contributed by atoms with E-state index in [1.165, 1.54) is 0 Å². The quantitative estimate of drug-likeness (QED) is 0.631. The van der Waals surface area contributed by atoms with E-state index in [0.29, 0.717) is 5.15 Å². The third-order valence-corrected chi connectivity index (χ3v) is 1.85. The Bertz CT molecular complexity index is 144. The lowest BCUT2D eigenvalue weighted by molar-refractivity contribution is 1.41. The van der Waals surface area contributed by atoms with Gasteiger partial charge in [-0.05, 0) is 22.0 Å². The number of halogens is 2. The largest absolute Gasteiger partial charge is 0.351 e. The van der Waals surface area contributed by atoms with E-state index in [2.05, 4.69) is 20.9 Å². The summed E-state index contributed by atoms with van der Waals surface area (Å²) >= 11 is 8.72. The van der Waals surface area contributed by atoms with Crippen LogP contribution in [0.15, 0.2) is 16.7 Å². The normalized spacial score (nSPS) is 9.43. The average Bonchev–Trinajstić information content (AvgIpc) is 1.91. The van der Waals surface area contributed by atoms with Gasteiger partial charge in [0.25, 0.3) is 0 Å². The van der Waals surface area contributed by atoms with Crippen LogP contribution in [0, 0.1) is 0 Å². The minimum atomic E-state index is 0.653. The van der Waals surface area contributed by atoms with E-state index in [-0.39, 0.29) is 0 Å². The van der Waals surface area contributed by atoms with Crippen LogP contribution in [0.25, 0.3) is 0 Å². The van der Waals surface area contributed by atoms with Crippen LogP contribution in [-0.4, -0.2) is 4.98 Å². The molecule has 0 aliphatic rings. The lowest BCUT2D eigenvalue weighted by Crippen LogP contribution is -1.54. The Morgan fingerprint density at radius 1 is 1.71 bits per heavy atom. The molecule has 0 saturated heterocycles. The highest BCUT2D eigenvalue weighted by atomic mass is 79.9. The molecule has 0 bridgehead atoms. The second-order valence-corrected chi connectivity index (χ2v) is 2.37. The van der Waals surface area contributed by atoms with Crippen molar-refractivity contribution in [1.29, 1.82) is 0 Å². The molecule has 0 aliphatic heterocycles. The van der Waals surface area contributed by atoms with Gasteiger partial charge in [-0.25, -0.2) is 0 Å². The highest BCUT2D eigenvalue weighted by molar-refractivity contribution is 9.10. The summed E-state index contributed by atoms with van der Waals surface area (Å²) in [7, 11) is 0. The molecule has 1 aromatic heterocycles. The molecule has 0 aliphatic carbocycles. The Morgan fingerprint density at radius 3 is 2.57 bits per heavy atom. The van der Waals surface area contributed by atoms with Crippen LogP contribution in [0.4, 0.5) is 0 Å². The Labute approximate surface area is 54.8 Å². The molecular formula is C4H3BrClN. The van der Waals surface area contributed by atoms with E-state index in [9.17, 15) is 0 Å². The molecular weight excluding hydrogens is 177 g/mol. The van der Waals surface area contributed by atoms with E-state index in [4.69, 9.17) is 11.6 Å². The molecule has 0 spiro atoms. The molecule has 0 aromatic carbocycles. The summed E-state index contributed by atoms with van der Waals surface area (Å²) in [6, 6.07) is 1.85. The Morgan fingerprint density at radius 2 is 2.43 bits per heavy atom. The molecule has 1 N–H and O–H groups in total. The Kier molecular flexibility index (Phi) is 1.40. The Hall–Kier alpha value is 0.0500. The standard InChI is InChI=1S/C4H3BrClN/c5-3-1-2-7-4(3)6/h1-2,7H. The van der Waals surface area contributed by atoms with Gasteiger partial charge >= 0.3 is 0 Å². The van der Waals surface area contributed by atoms with Gasteiger partial charge in [0.15, 0.2) is 0 Å². The van der Waals surface area contributed by atoms with Crippen molar-refractivity contribution < 1.29 is 0 Å². The van der Waals surface area contributed by atoms with E-state index in [1.54, 1.807) is 6.20 Å². The van der Waals surface area contributed by atoms with Crippen LogP contribution in [0.1, 0.15) is 0 Å². The molecule has 3 heteroatoms. The monoisotopic (exact) mass is 179 g/mol. The topological polar surface area (TPSA) is 15.8 Å². The van der Waals surface area contributed by atoms with Crippen LogP contribution in [0.2, 0.25) is 5.15 Å². The zero-order valence-electron chi connectivity index (χ0n) is 3.41. The maximum absolute atomic E-state index is 5.52. The fourth-order valence-electron chi connectivity index (χ4n) is 0.330. The van der Waals surface area contributed by atoms with Gasteiger partial charge in [0.1, 0.15) is 5.15 Å². The van der Waals surface area contributed by atoms with E-state index in [0.717, 1.165) is 4.47 Å². The summed E-state index contributed by atoms with van der Waals surface area (Å²) in [5, 5.41) is 0.653. The molecule has 38 valence electrons. The van der Waals surface area contributed by atoms with Crippen molar-refractivity contribution in [2.24, 2.45) is 0 Å². The molecule has 1 nitrogen and oxygen atoms in total. The van der Waals surface area contributed by atoms with Crippen LogP contribution >= 0.6 is 27.5 Å². The van der Waals surface area contributed by atoms with Crippen molar-refractivity contribution in [3.63, 3.8) is 0 Å². The zero-order valence-corrected chi connectivity index (χ0v) is 5.75. The lowest BCUT2D eigenvalue weighted by atomic mass is 10.7. The summed E-state index contributed by atoms with van der Waals surface area (Å²) in [6.07, 6.45) is 1.77. The maximum atomic E-state index is 5.52. The number of hydrogen-bond acceptors (Lipinski definition) is 0. The predicted octanol–water partition coefficient (Wildman–Crippen LogP) is 2.43. The van der Waals surface area contributed by atoms with Crippen molar-refractivity contribution in [2.45, 2.75) is 0 Å². The minimum absolute atomic E-state index is 0.653. The summed E-state index contributed by atoms with van der Waals surface area (Å²) in [5.41, 5.74) is 0. The van der Waals surface area contributed by atoms with E-state index in [1.807, 2.05) is 6.07 Å². The van der Waals surface area contributed by atoms with Crippen LogP contribution in [-0.2, 0) is 0 Å². The van der Waals surface area contributed by atoms with Gasteiger partial charge in [-0.2, -0.15) is 0 Å². The van der Waals surface area contributed by atoms with Crippen LogP contribution in [0.5, 0.6) is 0 Å². The smallest absolute Gasteiger partial charge is 0.120 e. The number of aromatic nitrogens is 1. The first-order valence-electron chi connectivity index (χ1n) is 1.79. The molecule has 0 amide bonds. The van der Waals surface area contributed by atoms with E-state index < -0.39 is 0 Å². The zero-order chi connectivity index (χ0) is 5.28. The van der Waals surface area contributed by atoms with Gasteiger partial charge in [-0.15, -0.1) is 0 Å². The highest BCUT2D eigenvalue weighted by Gasteiger charge is 1.90. The third-order valence-electron chi connectivity index (χ3n) is 0.649. The van der Waals surface area contributed by atoms with Crippen molar-refractivity contribution in [2.75, 3.05) is 0 Å². The molecule has 1 aromatic rings. The number of H-pyrrole nitrogens is 1.